The van der Waals surface area contributed by atoms with Gasteiger partial charge in [0.25, 0.3) is 11.8 Å². The molecule has 6 heteroatoms. The lowest BCUT2D eigenvalue weighted by atomic mass is 10.1. The van der Waals surface area contributed by atoms with Crippen LogP contribution in [0.1, 0.15) is 20.7 Å². The fourth-order valence-electron chi connectivity index (χ4n) is 1.73. The Bertz CT molecular complexity index is 686. The first-order valence-electron chi connectivity index (χ1n) is 5.75. The third kappa shape index (κ3) is 2.73. The van der Waals surface area contributed by atoms with Gasteiger partial charge in [-0.05, 0) is 24.3 Å². The molecule has 2 aromatic carbocycles. The Hall–Kier alpha value is -2.53. The number of carbonyl (C=O) groups excluding carboxylic acids is 2. The number of nitrogen functional groups attached to an aromatic ring is 1. The summed E-state index contributed by atoms with van der Waals surface area (Å²) in [6, 6.07) is 11.2. The Morgan fingerprint density at radius 1 is 1.00 bits per heavy atom. The number of anilines is 2. The SMILES string of the molecule is NC(=O)c1ccccc1NC(=O)c1cccc(Cl)c1N. The van der Waals surface area contributed by atoms with Crippen LogP contribution >= 0.6 is 11.6 Å². The second-order valence-electron chi connectivity index (χ2n) is 4.07. The monoisotopic (exact) mass is 289 g/mol. The van der Waals surface area contributed by atoms with Crippen LogP contribution < -0.4 is 16.8 Å². The summed E-state index contributed by atoms with van der Waals surface area (Å²) in [7, 11) is 0. The number of halogens is 1. The minimum Gasteiger partial charge on any atom is -0.397 e. The molecule has 2 rings (SSSR count). The molecule has 0 aromatic heterocycles. The number of primary amides is 1. The van der Waals surface area contributed by atoms with Gasteiger partial charge in [0.2, 0.25) is 0 Å². The molecule has 0 atom stereocenters. The molecule has 0 aliphatic carbocycles. The molecule has 0 heterocycles. The molecule has 5 N–H and O–H groups in total. The highest BCUT2D eigenvalue weighted by atomic mass is 35.5. The fraction of sp³-hybridized carbons (Fsp3) is 0. The van der Waals surface area contributed by atoms with Crippen LogP contribution in [0.4, 0.5) is 11.4 Å². The lowest BCUT2D eigenvalue weighted by Crippen LogP contribution is -2.19. The molecule has 20 heavy (non-hydrogen) atoms. The van der Waals surface area contributed by atoms with Gasteiger partial charge in [-0.25, -0.2) is 0 Å². The number of hydrogen-bond donors (Lipinski definition) is 3. The summed E-state index contributed by atoms with van der Waals surface area (Å²) >= 11 is 5.86. The molecule has 0 spiro atoms. The maximum atomic E-state index is 12.2. The molecule has 102 valence electrons. The van der Waals surface area contributed by atoms with Crippen molar-refractivity contribution in [1.82, 2.24) is 0 Å². The first-order valence-corrected chi connectivity index (χ1v) is 6.12. The Balaban J connectivity index is 2.33. The van der Waals surface area contributed by atoms with Crippen LogP contribution in [0.25, 0.3) is 0 Å². The topological polar surface area (TPSA) is 98.2 Å². The van der Waals surface area contributed by atoms with Gasteiger partial charge < -0.3 is 16.8 Å². The summed E-state index contributed by atoms with van der Waals surface area (Å²) in [6.07, 6.45) is 0. The van der Waals surface area contributed by atoms with E-state index in [1.54, 1.807) is 36.4 Å². The second kappa shape index (κ2) is 5.63. The number of nitrogens with one attached hydrogen (secondary N) is 1. The molecular formula is C14H12ClN3O2. The number of carbonyl (C=O) groups is 2. The average molecular weight is 290 g/mol. The lowest BCUT2D eigenvalue weighted by molar-refractivity contribution is 0.100. The standard InChI is InChI=1S/C14H12ClN3O2/c15-10-6-3-5-9(12(10)16)14(20)18-11-7-2-1-4-8(11)13(17)19/h1-7H,16H2,(H2,17,19)(H,18,20). The van der Waals surface area contributed by atoms with E-state index >= 15 is 0 Å². The van der Waals surface area contributed by atoms with Crippen LogP contribution in [0.2, 0.25) is 5.02 Å². The van der Waals surface area contributed by atoms with E-state index in [0.29, 0.717) is 10.7 Å². The molecule has 0 aliphatic rings. The van der Waals surface area contributed by atoms with Crippen molar-refractivity contribution in [3.05, 3.63) is 58.6 Å². The van der Waals surface area contributed by atoms with E-state index in [4.69, 9.17) is 23.1 Å². The number of hydrogen-bond acceptors (Lipinski definition) is 3. The van der Waals surface area contributed by atoms with E-state index in [1.807, 2.05) is 0 Å². The van der Waals surface area contributed by atoms with Gasteiger partial charge in [0.1, 0.15) is 0 Å². The van der Waals surface area contributed by atoms with Crippen molar-refractivity contribution in [2.45, 2.75) is 0 Å². The largest absolute Gasteiger partial charge is 0.397 e. The van der Waals surface area contributed by atoms with Gasteiger partial charge in [0.15, 0.2) is 0 Å². The van der Waals surface area contributed by atoms with E-state index in [0.717, 1.165) is 0 Å². The van der Waals surface area contributed by atoms with E-state index in [9.17, 15) is 9.59 Å². The normalized spacial score (nSPS) is 10.1. The Morgan fingerprint density at radius 2 is 1.65 bits per heavy atom. The molecule has 0 saturated heterocycles. The maximum absolute atomic E-state index is 12.2. The highest BCUT2D eigenvalue weighted by Crippen LogP contribution is 2.24. The summed E-state index contributed by atoms with van der Waals surface area (Å²) in [5.41, 5.74) is 12.0. The molecule has 0 aliphatic heterocycles. The molecule has 0 fully saturated rings. The zero-order valence-electron chi connectivity index (χ0n) is 10.4. The van der Waals surface area contributed by atoms with Crippen LogP contribution in [0.3, 0.4) is 0 Å². The van der Waals surface area contributed by atoms with Crippen molar-refractivity contribution in [1.29, 1.82) is 0 Å². The van der Waals surface area contributed by atoms with E-state index in [2.05, 4.69) is 5.32 Å². The average Bonchev–Trinajstić information content (AvgIpc) is 2.42. The maximum Gasteiger partial charge on any atom is 0.257 e. The van der Waals surface area contributed by atoms with Gasteiger partial charge in [-0.1, -0.05) is 29.8 Å². The van der Waals surface area contributed by atoms with Crippen LogP contribution in [-0.2, 0) is 0 Å². The summed E-state index contributed by atoms with van der Waals surface area (Å²) in [5.74, 6) is -1.08. The second-order valence-corrected chi connectivity index (χ2v) is 4.47. The number of benzene rings is 2. The zero-order valence-corrected chi connectivity index (χ0v) is 11.1. The number of nitrogens with two attached hydrogens (primary N) is 2. The molecule has 2 aromatic rings. The summed E-state index contributed by atoms with van der Waals surface area (Å²) < 4.78 is 0. The molecule has 0 bridgehead atoms. The highest BCUT2D eigenvalue weighted by molar-refractivity contribution is 6.34. The molecule has 2 amide bonds. The third-order valence-electron chi connectivity index (χ3n) is 2.74. The van der Waals surface area contributed by atoms with E-state index in [1.165, 1.54) is 6.07 Å². The summed E-state index contributed by atoms with van der Waals surface area (Å²) in [6.45, 7) is 0. The first kappa shape index (κ1) is 13.9. The highest BCUT2D eigenvalue weighted by Gasteiger charge is 2.14. The molecule has 0 unspecified atom stereocenters. The third-order valence-corrected chi connectivity index (χ3v) is 3.07. The van der Waals surface area contributed by atoms with E-state index < -0.39 is 11.8 Å². The molecular weight excluding hydrogens is 278 g/mol. The predicted octanol–water partition coefficient (Wildman–Crippen LogP) is 2.27. The van der Waals surface area contributed by atoms with Crippen LogP contribution in [0.5, 0.6) is 0 Å². The minimum atomic E-state index is -0.625. The number of amides is 2. The Labute approximate surface area is 120 Å². The van der Waals surface area contributed by atoms with Gasteiger partial charge in [-0.3, -0.25) is 9.59 Å². The van der Waals surface area contributed by atoms with Crippen molar-refractivity contribution >= 4 is 34.8 Å². The number of para-hydroxylation sites is 2. The van der Waals surface area contributed by atoms with Crippen LogP contribution in [0.15, 0.2) is 42.5 Å². The van der Waals surface area contributed by atoms with Crippen LogP contribution in [0, 0.1) is 0 Å². The Morgan fingerprint density at radius 3 is 2.35 bits per heavy atom. The smallest absolute Gasteiger partial charge is 0.257 e. The molecule has 0 saturated carbocycles. The van der Waals surface area contributed by atoms with Gasteiger partial charge in [-0.15, -0.1) is 0 Å². The quantitative estimate of drug-likeness (QED) is 0.756. The minimum absolute atomic E-state index is 0.184. The molecule has 0 radical (unpaired) electrons. The molecule has 5 nitrogen and oxygen atoms in total. The van der Waals surface area contributed by atoms with Gasteiger partial charge in [0, 0.05) is 0 Å². The fourth-order valence-corrected chi connectivity index (χ4v) is 1.91. The van der Waals surface area contributed by atoms with Crippen molar-refractivity contribution in [2.24, 2.45) is 5.73 Å². The van der Waals surface area contributed by atoms with Crippen molar-refractivity contribution in [3.63, 3.8) is 0 Å². The van der Waals surface area contributed by atoms with Crippen molar-refractivity contribution in [2.75, 3.05) is 11.1 Å². The first-order chi connectivity index (χ1) is 9.50. The van der Waals surface area contributed by atoms with Crippen molar-refractivity contribution in [3.8, 4) is 0 Å². The predicted molar refractivity (Wildman–Crippen MR) is 78.8 cm³/mol. The van der Waals surface area contributed by atoms with Crippen LogP contribution in [-0.4, -0.2) is 11.8 Å². The van der Waals surface area contributed by atoms with Crippen molar-refractivity contribution < 1.29 is 9.59 Å². The Kier molecular flexibility index (Phi) is 3.91. The summed E-state index contributed by atoms with van der Waals surface area (Å²) in [5, 5.41) is 2.89. The van der Waals surface area contributed by atoms with E-state index in [-0.39, 0.29) is 16.8 Å². The van der Waals surface area contributed by atoms with Gasteiger partial charge in [0.05, 0.1) is 27.5 Å². The zero-order chi connectivity index (χ0) is 14.7. The van der Waals surface area contributed by atoms with Gasteiger partial charge in [-0.2, -0.15) is 0 Å². The summed E-state index contributed by atoms with van der Waals surface area (Å²) in [4.78, 5) is 23.4. The lowest BCUT2D eigenvalue weighted by Gasteiger charge is -2.10. The van der Waals surface area contributed by atoms with Gasteiger partial charge >= 0.3 is 0 Å². The number of rotatable bonds is 3.